The molecule has 2 amide bonds. The molecule has 3 aromatic rings. The van der Waals surface area contributed by atoms with Gasteiger partial charge in [-0.25, -0.2) is 12.8 Å². The van der Waals surface area contributed by atoms with Crippen LogP contribution in [0.2, 0.25) is 0 Å². The van der Waals surface area contributed by atoms with Crippen molar-refractivity contribution in [2.24, 2.45) is 11.3 Å². The van der Waals surface area contributed by atoms with E-state index in [1.807, 2.05) is 65.0 Å². The molecule has 0 heterocycles. The Bertz CT molecular complexity index is 1720. The number of nitrogens with two attached hydrogens (primary N) is 1. The van der Waals surface area contributed by atoms with E-state index in [1.165, 1.54) is 35.5 Å². The lowest BCUT2D eigenvalue weighted by Gasteiger charge is -2.34. The van der Waals surface area contributed by atoms with Gasteiger partial charge in [-0.05, 0) is 66.1 Å². The summed E-state index contributed by atoms with van der Waals surface area (Å²) < 4.78 is 46.6. The minimum absolute atomic E-state index is 0.00973. The Labute approximate surface area is 313 Å². The van der Waals surface area contributed by atoms with Crippen LogP contribution in [-0.2, 0) is 42.1 Å². The van der Waals surface area contributed by atoms with E-state index in [9.17, 15) is 32.3 Å². The summed E-state index contributed by atoms with van der Waals surface area (Å²) in [5, 5.41) is 20.3. The maximum atomic E-state index is 13.8. The van der Waals surface area contributed by atoms with E-state index in [1.54, 1.807) is 31.2 Å². The van der Waals surface area contributed by atoms with E-state index in [4.69, 9.17) is 5.73 Å². The summed E-state index contributed by atoms with van der Waals surface area (Å²) in [5.41, 5.74) is 6.95. The third kappa shape index (κ3) is 16.0. The molecule has 0 saturated heterocycles. The van der Waals surface area contributed by atoms with Crippen LogP contribution in [0.4, 0.5) is 10.1 Å². The maximum Gasteiger partial charge on any atom is 0.302 e. The molecule has 0 unspecified atom stereocenters. The Hall–Kier alpha value is -4.37. The van der Waals surface area contributed by atoms with Gasteiger partial charge < -0.3 is 31.5 Å². The number of aliphatic hydroxyl groups excluding tert-OH is 1. The van der Waals surface area contributed by atoms with Gasteiger partial charge in [-0.2, -0.15) is 4.31 Å². The molecule has 0 aromatic heterocycles. The highest BCUT2D eigenvalue weighted by Crippen LogP contribution is 2.23. The molecule has 3 atom stereocenters. The Morgan fingerprint density at radius 2 is 1.57 bits per heavy atom. The van der Waals surface area contributed by atoms with E-state index < -0.39 is 45.4 Å². The highest BCUT2D eigenvalue weighted by Gasteiger charge is 2.36. The summed E-state index contributed by atoms with van der Waals surface area (Å²) in [4.78, 5) is 36.6. The van der Waals surface area contributed by atoms with Crippen LogP contribution in [0.3, 0.4) is 0 Å². The number of hydrogen-bond acceptors (Lipinski definition) is 9. The molecule has 3 rings (SSSR count). The minimum atomic E-state index is -4.04. The van der Waals surface area contributed by atoms with Crippen LogP contribution in [0, 0.1) is 17.2 Å². The average molecular weight is 758 g/mol. The molecule has 0 spiro atoms. The SMILES string of the molecule is CC(C)CN(C[C@@H](O)[C@H](Cc1ccccc1)NC(=O)[C@@H](NC(=O)CNCc1cccc(F)c1)C(C)(C)C)S(=O)(=O)c1cccc(N)c1.CCOC(C)=O. The molecular weight excluding hydrogens is 702 g/mol. The Kier molecular flexibility index (Phi) is 18.1. The molecule has 6 N–H and O–H groups in total. The highest BCUT2D eigenvalue weighted by molar-refractivity contribution is 7.89. The first-order chi connectivity index (χ1) is 24.8. The third-order valence-corrected chi connectivity index (χ3v) is 9.66. The predicted molar refractivity (Wildman–Crippen MR) is 204 cm³/mol. The number of sulfonamides is 1. The van der Waals surface area contributed by atoms with Gasteiger partial charge in [-0.3, -0.25) is 14.4 Å². The second-order valence-electron chi connectivity index (χ2n) is 14.2. The number of amides is 2. The van der Waals surface area contributed by atoms with Crippen LogP contribution in [0.25, 0.3) is 0 Å². The molecule has 0 radical (unpaired) electrons. The second-order valence-corrected chi connectivity index (χ2v) is 16.1. The molecule has 0 aliphatic carbocycles. The Morgan fingerprint density at radius 3 is 2.11 bits per heavy atom. The number of carbonyl (C=O) groups excluding carboxylic acids is 3. The summed E-state index contributed by atoms with van der Waals surface area (Å²) in [6.07, 6.45) is -1.10. The quantitative estimate of drug-likeness (QED) is 0.100. The van der Waals surface area contributed by atoms with Crippen molar-refractivity contribution in [3.05, 3.63) is 95.8 Å². The van der Waals surface area contributed by atoms with E-state index in [0.29, 0.717) is 17.9 Å². The van der Waals surface area contributed by atoms with Crippen molar-refractivity contribution in [3.8, 4) is 0 Å². The molecular formula is C39H56FN5O7S. The standard InChI is InChI=1S/C35H48FN5O5S.C4H8O2/c1-24(2)22-41(47(45,46)29-16-10-15-28(37)19-29)23-31(42)30(18-25-11-7-6-8-12-25)39-34(44)33(35(3,4)5)40-32(43)21-38-20-26-13-9-14-27(36)17-26;1-3-6-4(2)5/h6-17,19,24,30-31,33,38,42H,18,20-23,37H2,1-5H3,(H,39,44)(H,40,43);3H2,1-2H3/t30-,31+,33+;/m0./s1. The number of rotatable bonds is 17. The molecule has 0 bridgehead atoms. The highest BCUT2D eigenvalue weighted by atomic mass is 32.2. The van der Waals surface area contributed by atoms with Crippen molar-refractivity contribution in [2.45, 2.75) is 84.5 Å². The molecule has 0 saturated carbocycles. The van der Waals surface area contributed by atoms with Gasteiger partial charge in [0.25, 0.3) is 0 Å². The molecule has 3 aromatic carbocycles. The fraction of sp³-hybridized carbons (Fsp3) is 0.462. The first-order valence-electron chi connectivity index (χ1n) is 17.6. The monoisotopic (exact) mass is 757 g/mol. The van der Waals surface area contributed by atoms with Crippen LogP contribution in [0.5, 0.6) is 0 Å². The van der Waals surface area contributed by atoms with Gasteiger partial charge in [-0.15, -0.1) is 0 Å². The fourth-order valence-corrected chi connectivity index (χ4v) is 6.99. The largest absolute Gasteiger partial charge is 0.466 e. The molecule has 0 aliphatic rings. The molecule has 12 nitrogen and oxygen atoms in total. The van der Waals surface area contributed by atoms with Crippen molar-refractivity contribution >= 4 is 33.5 Å². The zero-order valence-electron chi connectivity index (χ0n) is 31.8. The summed E-state index contributed by atoms with van der Waals surface area (Å²) in [7, 11) is -4.04. The zero-order valence-corrected chi connectivity index (χ0v) is 32.6. The number of aliphatic hydroxyl groups is 1. The number of benzene rings is 3. The Morgan fingerprint density at radius 1 is 0.925 bits per heavy atom. The van der Waals surface area contributed by atoms with Crippen molar-refractivity contribution in [1.82, 2.24) is 20.3 Å². The smallest absolute Gasteiger partial charge is 0.302 e. The normalized spacial score (nSPS) is 13.3. The summed E-state index contributed by atoms with van der Waals surface area (Å²) in [6, 6.07) is 19.4. The number of esters is 1. The minimum Gasteiger partial charge on any atom is -0.466 e. The van der Waals surface area contributed by atoms with Crippen molar-refractivity contribution in [1.29, 1.82) is 0 Å². The molecule has 0 fully saturated rings. The number of ether oxygens (including phenoxy) is 1. The van der Waals surface area contributed by atoms with Gasteiger partial charge in [0.2, 0.25) is 21.8 Å². The summed E-state index contributed by atoms with van der Waals surface area (Å²) in [5.74, 6) is -1.61. The lowest BCUT2D eigenvalue weighted by atomic mass is 9.85. The van der Waals surface area contributed by atoms with Crippen LogP contribution in [-0.4, -0.2) is 80.0 Å². The second kappa shape index (κ2) is 21.4. The van der Waals surface area contributed by atoms with Crippen LogP contribution in [0.1, 0.15) is 59.6 Å². The van der Waals surface area contributed by atoms with Gasteiger partial charge in [0.15, 0.2) is 0 Å². The summed E-state index contributed by atoms with van der Waals surface area (Å²) in [6.45, 7) is 12.8. The number of nitrogens with one attached hydrogen (secondary N) is 3. The third-order valence-electron chi connectivity index (χ3n) is 7.83. The molecule has 14 heteroatoms. The maximum absolute atomic E-state index is 13.8. The van der Waals surface area contributed by atoms with Crippen LogP contribution in [0.15, 0.2) is 83.8 Å². The number of nitrogen functional groups attached to an aromatic ring is 1. The van der Waals surface area contributed by atoms with Gasteiger partial charge in [0.05, 0.1) is 30.2 Å². The molecule has 0 aliphatic heterocycles. The number of halogens is 1. The fourth-order valence-electron chi connectivity index (χ4n) is 5.31. The van der Waals surface area contributed by atoms with Gasteiger partial charge in [0, 0.05) is 32.2 Å². The van der Waals surface area contributed by atoms with E-state index >= 15 is 0 Å². The van der Waals surface area contributed by atoms with Crippen LogP contribution >= 0.6 is 0 Å². The number of anilines is 1. The number of carbonyl (C=O) groups is 3. The first-order valence-corrected chi connectivity index (χ1v) is 19.0. The van der Waals surface area contributed by atoms with Crippen LogP contribution < -0.4 is 21.7 Å². The predicted octanol–water partition coefficient (Wildman–Crippen LogP) is 4.03. The zero-order chi connectivity index (χ0) is 39.8. The average Bonchev–Trinajstić information content (AvgIpc) is 3.06. The number of nitrogens with zero attached hydrogens (tertiary/aromatic N) is 1. The van der Waals surface area contributed by atoms with E-state index in [-0.39, 0.29) is 55.2 Å². The van der Waals surface area contributed by atoms with Gasteiger partial charge in [-0.1, -0.05) is 83.1 Å². The molecule has 292 valence electrons. The van der Waals surface area contributed by atoms with Gasteiger partial charge in [0.1, 0.15) is 11.9 Å². The van der Waals surface area contributed by atoms with Crippen molar-refractivity contribution < 1.29 is 37.0 Å². The van der Waals surface area contributed by atoms with Crippen molar-refractivity contribution in [3.63, 3.8) is 0 Å². The Balaban J connectivity index is 0.00000149. The topological polar surface area (TPSA) is 180 Å². The lowest BCUT2D eigenvalue weighted by Crippen LogP contribution is -2.59. The molecule has 53 heavy (non-hydrogen) atoms. The lowest BCUT2D eigenvalue weighted by molar-refractivity contribution is -0.140. The van der Waals surface area contributed by atoms with Gasteiger partial charge >= 0.3 is 5.97 Å². The van der Waals surface area contributed by atoms with Crippen molar-refractivity contribution in [2.75, 3.05) is 32.0 Å². The first kappa shape index (κ1) is 44.8. The summed E-state index contributed by atoms with van der Waals surface area (Å²) >= 11 is 0. The van der Waals surface area contributed by atoms with E-state index in [2.05, 4.69) is 20.7 Å². The number of hydrogen-bond donors (Lipinski definition) is 5. The van der Waals surface area contributed by atoms with E-state index in [0.717, 1.165) is 5.56 Å².